The van der Waals surface area contributed by atoms with E-state index in [1.807, 2.05) is 12.2 Å². The van der Waals surface area contributed by atoms with E-state index in [9.17, 15) is 29.8 Å². The van der Waals surface area contributed by atoms with E-state index >= 15 is 0 Å². The van der Waals surface area contributed by atoms with Crippen LogP contribution in [-0.2, 0) is 0 Å². The summed E-state index contributed by atoms with van der Waals surface area (Å²) in [6, 6.07) is 11.3. The van der Waals surface area contributed by atoms with Gasteiger partial charge in [0, 0.05) is 23.6 Å². The molecule has 4 aliphatic rings. The van der Waals surface area contributed by atoms with Crippen molar-refractivity contribution in [1.29, 1.82) is 0 Å². The number of hydrazone groups is 1. The minimum absolute atomic E-state index is 0.0253. The summed E-state index contributed by atoms with van der Waals surface area (Å²) in [7, 11) is 0. The third-order valence-corrected chi connectivity index (χ3v) is 6.90. The highest BCUT2D eigenvalue weighted by molar-refractivity contribution is 5.94. The predicted octanol–water partition coefficient (Wildman–Crippen LogP) is 2.39. The van der Waals surface area contributed by atoms with Crippen molar-refractivity contribution in [2.75, 3.05) is 5.43 Å². The van der Waals surface area contributed by atoms with Crippen LogP contribution in [0, 0.1) is 32.1 Å². The van der Waals surface area contributed by atoms with Gasteiger partial charge in [0.2, 0.25) is 0 Å². The highest BCUT2D eigenvalue weighted by atomic mass is 16.6. The molecule has 2 aliphatic carbocycles. The number of allylic oxidation sites excluding steroid dienone is 2. The van der Waals surface area contributed by atoms with E-state index in [1.54, 1.807) is 30.3 Å². The summed E-state index contributed by atoms with van der Waals surface area (Å²) in [5.74, 6) is -0.0977. The van der Waals surface area contributed by atoms with Crippen LogP contribution in [0.25, 0.3) is 5.69 Å². The van der Waals surface area contributed by atoms with Gasteiger partial charge in [0.1, 0.15) is 5.69 Å². The quantitative estimate of drug-likeness (QED) is 0.337. The van der Waals surface area contributed by atoms with Gasteiger partial charge >= 0.3 is 17.1 Å². The van der Waals surface area contributed by atoms with E-state index in [0.717, 1.165) is 16.7 Å². The molecule has 0 saturated heterocycles. The molecule has 0 amide bonds. The van der Waals surface area contributed by atoms with Crippen molar-refractivity contribution in [2.24, 2.45) is 16.9 Å². The first-order chi connectivity index (χ1) is 16.9. The Kier molecular flexibility index (Phi) is 4.36. The first kappa shape index (κ1) is 20.8. The number of nitro groups is 2. The number of nitrogens with one attached hydrogen (secondary N) is 1. The van der Waals surface area contributed by atoms with Gasteiger partial charge < -0.3 is 0 Å². The van der Waals surface area contributed by atoms with Crippen molar-refractivity contribution in [1.82, 2.24) is 13.9 Å². The zero-order valence-electron chi connectivity index (χ0n) is 17.9. The number of anilines is 1. The largest absolute Gasteiger partial charge is 0.352 e. The molecular weight excluding hydrogens is 458 g/mol. The molecular formula is C22H17N7O6. The summed E-state index contributed by atoms with van der Waals surface area (Å²) in [4.78, 5) is 47.4. The highest BCUT2D eigenvalue weighted by Gasteiger charge is 2.55. The van der Waals surface area contributed by atoms with Crippen LogP contribution in [0.5, 0.6) is 0 Å². The summed E-state index contributed by atoms with van der Waals surface area (Å²) >= 11 is 0. The standard InChI is InChI=1S/C22H17N7O6/c30-21-25(12-4-2-1-3-5-12)22(31)27-18-9-8-17(26(21)27)14-11-16(20(14)18)24-23-15-7-6-13(28(32)33)10-19(15)29(34)35/h1-10,14,17-18,20,23H,11H2/b24-16+/t14-,17-,18+,20-/m1/s1. The van der Waals surface area contributed by atoms with Crippen LogP contribution < -0.4 is 16.8 Å². The molecule has 1 fully saturated rings. The van der Waals surface area contributed by atoms with Crippen molar-refractivity contribution in [3.8, 4) is 5.69 Å². The summed E-state index contributed by atoms with van der Waals surface area (Å²) in [6.45, 7) is 0. The maximum absolute atomic E-state index is 13.3. The monoisotopic (exact) mass is 475 g/mol. The van der Waals surface area contributed by atoms with E-state index in [0.29, 0.717) is 17.8 Å². The van der Waals surface area contributed by atoms with Gasteiger partial charge in [-0.05, 0) is 24.6 Å². The zero-order chi connectivity index (χ0) is 24.4. The van der Waals surface area contributed by atoms with E-state index in [2.05, 4.69) is 10.5 Å². The second-order valence-electron chi connectivity index (χ2n) is 8.62. The Hall–Kier alpha value is -4.81. The fraction of sp³-hybridized carbons (Fsp3) is 0.227. The fourth-order valence-corrected chi connectivity index (χ4v) is 5.30. The number of aromatic nitrogens is 3. The molecule has 0 radical (unpaired) electrons. The number of benzene rings is 2. The van der Waals surface area contributed by atoms with E-state index in [1.165, 1.54) is 15.4 Å². The van der Waals surface area contributed by atoms with Gasteiger partial charge in [-0.3, -0.25) is 25.7 Å². The maximum atomic E-state index is 13.3. The smallest absolute Gasteiger partial charge is 0.272 e. The lowest BCUT2D eigenvalue weighted by atomic mass is 9.61. The van der Waals surface area contributed by atoms with Gasteiger partial charge in [-0.2, -0.15) is 5.10 Å². The van der Waals surface area contributed by atoms with Crippen LogP contribution in [-0.4, -0.2) is 29.5 Å². The number of hydrogen-bond donors (Lipinski definition) is 1. The number of nitrogens with zero attached hydrogens (tertiary/aromatic N) is 6. The topological polar surface area (TPSA) is 160 Å². The van der Waals surface area contributed by atoms with Crippen LogP contribution >= 0.6 is 0 Å². The lowest BCUT2D eigenvalue weighted by molar-refractivity contribution is -0.393. The second kappa shape index (κ2) is 7.35. The normalized spacial score (nSPS) is 24.5. The fourth-order valence-electron chi connectivity index (χ4n) is 5.30. The molecule has 7 rings (SSSR count). The Morgan fingerprint density at radius 1 is 0.914 bits per heavy atom. The van der Waals surface area contributed by atoms with Crippen LogP contribution in [0.2, 0.25) is 0 Å². The Bertz CT molecular complexity index is 1580. The van der Waals surface area contributed by atoms with Crippen molar-refractivity contribution >= 4 is 22.8 Å². The summed E-state index contributed by atoms with van der Waals surface area (Å²) in [5, 5.41) is 26.7. The van der Waals surface area contributed by atoms with Crippen molar-refractivity contribution in [3.05, 3.63) is 102 Å². The Balaban J connectivity index is 1.35. The molecule has 2 bridgehead atoms. The first-order valence-electron chi connectivity index (χ1n) is 10.8. The number of rotatable bonds is 5. The Labute approximate surface area is 195 Å². The van der Waals surface area contributed by atoms with E-state index in [4.69, 9.17) is 0 Å². The van der Waals surface area contributed by atoms with E-state index in [-0.39, 0.29) is 23.6 Å². The molecule has 13 heteroatoms. The van der Waals surface area contributed by atoms with Gasteiger partial charge in [-0.15, -0.1) is 0 Å². The molecule has 1 N–H and O–H groups in total. The Morgan fingerprint density at radius 2 is 1.60 bits per heavy atom. The second-order valence-corrected chi connectivity index (χ2v) is 8.62. The molecule has 1 saturated carbocycles. The maximum Gasteiger partial charge on any atom is 0.352 e. The molecule has 3 aromatic rings. The van der Waals surface area contributed by atoms with Crippen LogP contribution in [0.4, 0.5) is 17.1 Å². The molecule has 176 valence electrons. The molecule has 13 nitrogen and oxygen atoms in total. The third-order valence-electron chi connectivity index (χ3n) is 6.90. The average Bonchev–Trinajstić information content (AvgIpc) is 3.11. The van der Waals surface area contributed by atoms with E-state index < -0.39 is 38.6 Å². The molecule has 0 unspecified atom stereocenters. The van der Waals surface area contributed by atoms with Crippen LogP contribution in [0.1, 0.15) is 18.5 Å². The summed E-state index contributed by atoms with van der Waals surface area (Å²) < 4.78 is 4.13. The Morgan fingerprint density at radius 3 is 2.29 bits per heavy atom. The third kappa shape index (κ3) is 2.90. The first-order valence-corrected chi connectivity index (χ1v) is 10.8. The summed E-state index contributed by atoms with van der Waals surface area (Å²) in [5.41, 5.74) is 2.20. The summed E-state index contributed by atoms with van der Waals surface area (Å²) in [6.07, 6.45) is 4.37. The minimum atomic E-state index is -0.713. The SMILES string of the molecule is O=c1n(-c2ccccc2)c(=O)n2n1[C@@H]1C=C[C@H]2[C@H]2/C(=N/Nc3ccc([N+](=O)[O-])cc3[N+](=O)[O-])C[C@@H]21. The molecule has 35 heavy (non-hydrogen) atoms. The molecule has 1 aromatic heterocycles. The minimum Gasteiger partial charge on any atom is -0.272 e. The molecule has 3 heterocycles. The molecule has 4 atom stereocenters. The highest BCUT2D eigenvalue weighted by Crippen LogP contribution is 2.52. The predicted molar refractivity (Wildman–Crippen MR) is 124 cm³/mol. The van der Waals surface area contributed by atoms with Gasteiger partial charge in [-0.25, -0.2) is 23.5 Å². The number of para-hydroxylation sites is 1. The zero-order valence-corrected chi connectivity index (χ0v) is 17.9. The number of hydrogen-bond acceptors (Lipinski definition) is 8. The lowest BCUT2D eigenvalue weighted by Gasteiger charge is -2.52. The lowest BCUT2D eigenvalue weighted by Crippen LogP contribution is -2.57. The van der Waals surface area contributed by atoms with Gasteiger partial charge in [0.15, 0.2) is 0 Å². The average molecular weight is 475 g/mol. The van der Waals surface area contributed by atoms with Gasteiger partial charge in [-0.1, -0.05) is 30.4 Å². The van der Waals surface area contributed by atoms with Crippen LogP contribution in [0.15, 0.2) is 75.4 Å². The van der Waals surface area contributed by atoms with Crippen LogP contribution in [0.3, 0.4) is 0 Å². The van der Waals surface area contributed by atoms with Crippen molar-refractivity contribution in [3.63, 3.8) is 0 Å². The van der Waals surface area contributed by atoms with Crippen molar-refractivity contribution < 1.29 is 9.85 Å². The van der Waals surface area contributed by atoms with Crippen molar-refractivity contribution in [2.45, 2.75) is 18.5 Å². The van der Waals surface area contributed by atoms with Gasteiger partial charge in [0.25, 0.3) is 5.69 Å². The van der Waals surface area contributed by atoms with Gasteiger partial charge in [0.05, 0.1) is 33.7 Å². The molecule has 2 aromatic carbocycles. The molecule has 0 spiro atoms. The number of nitro benzene ring substituents is 2. The molecule has 2 aliphatic heterocycles. The number of non-ortho nitro benzene ring substituents is 1.